The Hall–Kier alpha value is -2.70. The number of ether oxygens (including phenoxy) is 2. The van der Waals surface area contributed by atoms with Gasteiger partial charge in [0.25, 0.3) is 5.91 Å². The zero-order valence-electron chi connectivity index (χ0n) is 22.0. The Morgan fingerprint density at radius 2 is 1.71 bits per heavy atom. The van der Waals surface area contributed by atoms with Crippen LogP contribution in [0.3, 0.4) is 0 Å². The fourth-order valence-electron chi connectivity index (χ4n) is 5.63. The number of hydrogen-bond acceptors (Lipinski definition) is 4. The van der Waals surface area contributed by atoms with Gasteiger partial charge in [-0.3, -0.25) is 9.59 Å². The SMILES string of the molecule is COc1ccc(OC)c2c1cc1n2C[C@](C)(C(=O)NC2CCCCCCC2)N(CCC(C)C)C1=O. The predicted octanol–water partition coefficient (Wildman–Crippen LogP) is 5.15. The van der Waals surface area contributed by atoms with Crippen molar-refractivity contribution >= 4 is 22.7 Å². The molecule has 1 fully saturated rings. The van der Waals surface area contributed by atoms with Crippen LogP contribution in [0.25, 0.3) is 10.9 Å². The number of fused-ring (bicyclic) bond motifs is 3. The average molecular weight is 484 g/mol. The van der Waals surface area contributed by atoms with E-state index in [9.17, 15) is 9.59 Å². The van der Waals surface area contributed by atoms with E-state index >= 15 is 0 Å². The van der Waals surface area contributed by atoms with Crippen molar-refractivity contribution in [2.75, 3.05) is 20.8 Å². The van der Waals surface area contributed by atoms with Crippen LogP contribution in [-0.2, 0) is 11.3 Å². The number of rotatable bonds is 7. The van der Waals surface area contributed by atoms with E-state index in [1.807, 2.05) is 29.7 Å². The number of hydrogen-bond donors (Lipinski definition) is 1. The highest BCUT2D eigenvalue weighted by Gasteiger charge is 2.48. The van der Waals surface area contributed by atoms with E-state index in [0.717, 1.165) is 43.0 Å². The maximum atomic E-state index is 14.0. The second kappa shape index (κ2) is 10.5. The Balaban J connectivity index is 1.75. The van der Waals surface area contributed by atoms with E-state index < -0.39 is 5.54 Å². The summed E-state index contributed by atoms with van der Waals surface area (Å²) in [4.78, 5) is 29.7. The molecule has 1 saturated carbocycles. The Bertz CT molecular complexity index is 1070. The van der Waals surface area contributed by atoms with Gasteiger partial charge in [-0.05, 0) is 50.3 Å². The van der Waals surface area contributed by atoms with Crippen molar-refractivity contribution in [2.45, 2.75) is 90.3 Å². The van der Waals surface area contributed by atoms with E-state index in [0.29, 0.717) is 36.2 Å². The maximum absolute atomic E-state index is 14.0. The van der Waals surface area contributed by atoms with Crippen LogP contribution < -0.4 is 14.8 Å². The molecular formula is C28H41N3O4. The molecule has 1 aliphatic carbocycles. The highest BCUT2D eigenvalue weighted by Crippen LogP contribution is 2.40. The summed E-state index contributed by atoms with van der Waals surface area (Å²) in [6.45, 7) is 7.13. The molecule has 2 amide bonds. The lowest BCUT2D eigenvalue weighted by atomic mass is 9.91. The topological polar surface area (TPSA) is 72.8 Å². The molecule has 0 unspecified atom stereocenters. The fourth-order valence-corrected chi connectivity index (χ4v) is 5.63. The van der Waals surface area contributed by atoms with Crippen molar-refractivity contribution in [3.8, 4) is 11.5 Å². The van der Waals surface area contributed by atoms with Crippen LogP contribution in [-0.4, -0.2) is 53.6 Å². The fraction of sp³-hybridized carbons (Fsp3) is 0.643. The molecule has 2 heterocycles. The summed E-state index contributed by atoms with van der Waals surface area (Å²) in [7, 11) is 3.25. The normalized spacial score (nSPS) is 21.5. The van der Waals surface area contributed by atoms with Crippen molar-refractivity contribution in [3.63, 3.8) is 0 Å². The quantitative estimate of drug-likeness (QED) is 0.591. The van der Waals surface area contributed by atoms with Crippen LogP contribution in [0.4, 0.5) is 0 Å². The van der Waals surface area contributed by atoms with Gasteiger partial charge in [0.1, 0.15) is 22.7 Å². The molecule has 192 valence electrons. The molecule has 7 heteroatoms. The van der Waals surface area contributed by atoms with Crippen LogP contribution in [0, 0.1) is 5.92 Å². The highest BCUT2D eigenvalue weighted by molar-refractivity contribution is 6.05. The Labute approximate surface area is 209 Å². The summed E-state index contributed by atoms with van der Waals surface area (Å²) in [5.74, 6) is 1.60. The third-order valence-electron chi connectivity index (χ3n) is 7.81. The summed E-state index contributed by atoms with van der Waals surface area (Å²) in [6.07, 6.45) is 8.86. The number of benzene rings is 1. The van der Waals surface area contributed by atoms with Crippen LogP contribution in [0.1, 0.15) is 82.6 Å². The number of amides is 2. The summed E-state index contributed by atoms with van der Waals surface area (Å²) < 4.78 is 13.2. The first-order chi connectivity index (χ1) is 16.8. The minimum absolute atomic E-state index is 0.0606. The summed E-state index contributed by atoms with van der Waals surface area (Å²) in [5, 5.41) is 4.18. The van der Waals surface area contributed by atoms with Gasteiger partial charge >= 0.3 is 0 Å². The third kappa shape index (κ3) is 4.87. The standard InChI is InChI=1S/C28H41N3O4/c1-19(2)15-16-31-26(32)22-17-21-23(34-4)13-14-24(35-5)25(21)30(22)18-28(31,3)27(33)29-20-11-9-7-6-8-10-12-20/h13-14,17,19-20H,6-12,15-16,18H2,1-5H3,(H,29,33)/t28-/m1/s1. The molecular weight excluding hydrogens is 442 g/mol. The minimum atomic E-state index is -0.999. The number of nitrogens with zero attached hydrogens (tertiary/aromatic N) is 2. The molecule has 1 aliphatic heterocycles. The van der Waals surface area contributed by atoms with Gasteiger partial charge in [0, 0.05) is 18.0 Å². The van der Waals surface area contributed by atoms with Crippen LogP contribution in [0.5, 0.6) is 11.5 Å². The van der Waals surface area contributed by atoms with E-state index in [2.05, 4.69) is 19.2 Å². The Kier molecular flexibility index (Phi) is 7.62. The molecule has 35 heavy (non-hydrogen) atoms. The summed E-state index contributed by atoms with van der Waals surface area (Å²) in [5.41, 5.74) is 0.368. The monoisotopic (exact) mass is 483 g/mol. The first kappa shape index (κ1) is 25.4. The smallest absolute Gasteiger partial charge is 0.271 e. The molecule has 0 radical (unpaired) electrons. The molecule has 1 aromatic carbocycles. The van der Waals surface area contributed by atoms with Crippen molar-refractivity contribution in [2.24, 2.45) is 5.92 Å². The van der Waals surface area contributed by atoms with Crippen molar-refractivity contribution in [3.05, 3.63) is 23.9 Å². The van der Waals surface area contributed by atoms with Gasteiger partial charge < -0.3 is 24.3 Å². The summed E-state index contributed by atoms with van der Waals surface area (Å²) in [6, 6.07) is 5.76. The molecule has 2 aromatic rings. The van der Waals surface area contributed by atoms with Gasteiger partial charge in [-0.25, -0.2) is 0 Å². The first-order valence-electron chi connectivity index (χ1n) is 13.2. The van der Waals surface area contributed by atoms with E-state index in [4.69, 9.17) is 9.47 Å². The van der Waals surface area contributed by atoms with Crippen molar-refractivity contribution < 1.29 is 19.1 Å². The van der Waals surface area contributed by atoms with Crippen LogP contribution in [0.2, 0.25) is 0 Å². The lowest BCUT2D eigenvalue weighted by Gasteiger charge is -2.45. The highest BCUT2D eigenvalue weighted by atomic mass is 16.5. The molecule has 1 aromatic heterocycles. The first-order valence-corrected chi connectivity index (χ1v) is 13.2. The number of carbonyl (C=O) groups excluding carboxylic acids is 2. The molecule has 1 atom stereocenters. The predicted molar refractivity (Wildman–Crippen MR) is 138 cm³/mol. The zero-order valence-corrected chi connectivity index (χ0v) is 22.0. The molecule has 1 N–H and O–H groups in total. The number of methoxy groups -OCH3 is 2. The molecule has 0 spiro atoms. The van der Waals surface area contributed by atoms with Crippen LogP contribution in [0.15, 0.2) is 18.2 Å². The number of aromatic nitrogens is 1. The van der Waals surface area contributed by atoms with Gasteiger partial charge in [-0.15, -0.1) is 0 Å². The van der Waals surface area contributed by atoms with Gasteiger partial charge in [0.05, 0.1) is 26.3 Å². The molecule has 2 aliphatic rings. The molecule has 0 saturated heterocycles. The average Bonchev–Trinajstić information content (AvgIpc) is 3.19. The molecule has 4 rings (SSSR count). The van der Waals surface area contributed by atoms with Gasteiger partial charge in [-0.2, -0.15) is 0 Å². The van der Waals surface area contributed by atoms with E-state index in [1.165, 1.54) is 19.3 Å². The minimum Gasteiger partial charge on any atom is -0.496 e. The summed E-state index contributed by atoms with van der Waals surface area (Å²) >= 11 is 0. The van der Waals surface area contributed by atoms with Crippen molar-refractivity contribution in [1.29, 1.82) is 0 Å². The van der Waals surface area contributed by atoms with Gasteiger partial charge in [0.2, 0.25) is 5.91 Å². The zero-order chi connectivity index (χ0) is 25.2. The van der Waals surface area contributed by atoms with Crippen LogP contribution >= 0.6 is 0 Å². The second-order valence-corrected chi connectivity index (χ2v) is 10.8. The number of carbonyl (C=O) groups is 2. The van der Waals surface area contributed by atoms with Crippen molar-refractivity contribution in [1.82, 2.24) is 14.8 Å². The Morgan fingerprint density at radius 1 is 1.09 bits per heavy atom. The Morgan fingerprint density at radius 3 is 2.34 bits per heavy atom. The van der Waals surface area contributed by atoms with Gasteiger partial charge in [-0.1, -0.05) is 46.0 Å². The molecule has 0 bridgehead atoms. The van der Waals surface area contributed by atoms with Gasteiger partial charge in [0.15, 0.2) is 0 Å². The number of nitrogens with one attached hydrogen (secondary N) is 1. The largest absolute Gasteiger partial charge is 0.496 e. The third-order valence-corrected chi connectivity index (χ3v) is 7.81. The van der Waals surface area contributed by atoms with E-state index in [-0.39, 0.29) is 17.9 Å². The lowest BCUT2D eigenvalue weighted by molar-refractivity contribution is -0.133. The van der Waals surface area contributed by atoms with E-state index in [1.54, 1.807) is 19.1 Å². The maximum Gasteiger partial charge on any atom is 0.271 e. The second-order valence-electron chi connectivity index (χ2n) is 10.8. The molecule has 7 nitrogen and oxygen atoms in total. The lowest BCUT2D eigenvalue weighted by Crippen LogP contribution is -2.65.